The third kappa shape index (κ3) is 4.53. The molecule has 6 nitrogen and oxygen atoms in total. The molecule has 1 aromatic carbocycles. The molecule has 0 atom stereocenters. The number of para-hydroxylation sites is 1. The van der Waals surface area contributed by atoms with E-state index in [1.165, 1.54) is 12.8 Å². The van der Waals surface area contributed by atoms with Crippen molar-refractivity contribution in [2.45, 2.75) is 46.1 Å². The molecule has 1 saturated heterocycles. The second-order valence-electron chi connectivity index (χ2n) is 7.89. The first-order chi connectivity index (χ1) is 14.6. The number of amides is 1. The van der Waals surface area contributed by atoms with Gasteiger partial charge in [0.15, 0.2) is 0 Å². The molecule has 1 fully saturated rings. The van der Waals surface area contributed by atoms with Crippen molar-refractivity contribution in [3.8, 4) is 5.69 Å². The van der Waals surface area contributed by atoms with Gasteiger partial charge in [-0.25, -0.2) is 9.67 Å². The number of aromatic nitrogens is 3. The van der Waals surface area contributed by atoms with Crippen LogP contribution in [0.25, 0.3) is 5.69 Å². The fourth-order valence-electron chi connectivity index (χ4n) is 4.04. The highest BCUT2D eigenvalue weighted by molar-refractivity contribution is 5.76. The zero-order valence-corrected chi connectivity index (χ0v) is 17.8. The normalized spacial score (nSPS) is 13.6. The van der Waals surface area contributed by atoms with Gasteiger partial charge in [-0.15, -0.1) is 0 Å². The summed E-state index contributed by atoms with van der Waals surface area (Å²) in [5.41, 5.74) is 5.28. The third-order valence-electron chi connectivity index (χ3n) is 5.77. The number of anilines is 1. The topological polar surface area (TPSA) is 63.1 Å². The molecule has 30 heavy (non-hydrogen) atoms. The highest BCUT2D eigenvalue weighted by Gasteiger charge is 2.15. The number of aryl methyl sites for hydroxylation is 1. The molecule has 2 aromatic heterocycles. The Labute approximate surface area is 177 Å². The molecule has 1 aliphatic rings. The van der Waals surface area contributed by atoms with E-state index in [9.17, 15) is 4.79 Å². The van der Waals surface area contributed by atoms with Crippen molar-refractivity contribution in [1.82, 2.24) is 20.1 Å². The molecule has 0 saturated carbocycles. The van der Waals surface area contributed by atoms with Crippen LogP contribution in [0.4, 0.5) is 5.82 Å². The summed E-state index contributed by atoms with van der Waals surface area (Å²) in [7, 11) is 0. The Kier molecular flexibility index (Phi) is 6.12. The number of rotatable bonds is 7. The van der Waals surface area contributed by atoms with E-state index in [0.717, 1.165) is 47.1 Å². The summed E-state index contributed by atoms with van der Waals surface area (Å²) in [4.78, 5) is 19.3. The van der Waals surface area contributed by atoms with E-state index in [-0.39, 0.29) is 5.91 Å². The summed E-state index contributed by atoms with van der Waals surface area (Å²) >= 11 is 0. The van der Waals surface area contributed by atoms with E-state index < -0.39 is 0 Å². The lowest BCUT2D eigenvalue weighted by atomic mass is 10.1. The molecule has 0 radical (unpaired) electrons. The number of carbonyl (C=O) groups excluding carboxylic acids is 1. The SMILES string of the molecule is Cc1nn(-c2ccccc2)c(C)c1CCC(=O)NCc1ccc(N2CCCC2)nc1. The van der Waals surface area contributed by atoms with Gasteiger partial charge in [0.05, 0.1) is 11.4 Å². The first kappa shape index (κ1) is 20.1. The van der Waals surface area contributed by atoms with Gasteiger partial charge in [-0.2, -0.15) is 5.10 Å². The largest absolute Gasteiger partial charge is 0.357 e. The van der Waals surface area contributed by atoms with E-state index in [4.69, 9.17) is 0 Å². The predicted molar refractivity (Wildman–Crippen MR) is 119 cm³/mol. The minimum absolute atomic E-state index is 0.0462. The van der Waals surface area contributed by atoms with E-state index >= 15 is 0 Å². The van der Waals surface area contributed by atoms with Crippen molar-refractivity contribution < 1.29 is 4.79 Å². The number of carbonyl (C=O) groups is 1. The second-order valence-corrected chi connectivity index (χ2v) is 7.89. The maximum atomic E-state index is 12.4. The molecule has 0 aliphatic carbocycles. The van der Waals surface area contributed by atoms with Crippen LogP contribution >= 0.6 is 0 Å². The Morgan fingerprint density at radius 2 is 1.83 bits per heavy atom. The molecule has 3 aromatic rings. The number of hydrogen-bond acceptors (Lipinski definition) is 4. The van der Waals surface area contributed by atoms with Crippen molar-refractivity contribution in [3.63, 3.8) is 0 Å². The fourth-order valence-corrected chi connectivity index (χ4v) is 4.04. The molecule has 4 rings (SSSR count). The molecular formula is C24H29N5O. The third-order valence-corrected chi connectivity index (χ3v) is 5.77. The average Bonchev–Trinajstić information content (AvgIpc) is 3.40. The van der Waals surface area contributed by atoms with Crippen LogP contribution in [0.2, 0.25) is 0 Å². The summed E-state index contributed by atoms with van der Waals surface area (Å²) in [5, 5.41) is 7.68. The lowest BCUT2D eigenvalue weighted by Crippen LogP contribution is -2.23. The number of nitrogens with zero attached hydrogens (tertiary/aromatic N) is 4. The van der Waals surface area contributed by atoms with Gasteiger partial charge in [-0.1, -0.05) is 24.3 Å². The number of pyridine rings is 1. The van der Waals surface area contributed by atoms with Crippen molar-refractivity contribution >= 4 is 11.7 Å². The average molecular weight is 404 g/mol. The Morgan fingerprint density at radius 3 is 2.53 bits per heavy atom. The Morgan fingerprint density at radius 1 is 1.07 bits per heavy atom. The Balaban J connectivity index is 1.30. The van der Waals surface area contributed by atoms with Crippen LogP contribution in [-0.4, -0.2) is 33.8 Å². The molecule has 0 unspecified atom stereocenters. The monoisotopic (exact) mass is 403 g/mol. The standard InChI is InChI=1S/C24H29N5O/c1-18-22(19(2)29(27-18)21-8-4-3-5-9-21)11-13-24(30)26-17-20-10-12-23(25-16-20)28-14-6-7-15-28/h3-5,8-10,12,16H,6-7,11,13-15,17H2,1-2H3,(H,26,30). The van der Waals surface area contributed by atoms with E-state index in [0.29, 0.717) is 19.4 Å². The molecule has 1 aliphatic heterocycles. The summed E-state index contributed by atoms with van der Waals surface area (Å²) in [6.07, 6.45) is 5.47. The minimum Gasteiger partial charge on any atom is -0.357 e. The highest BCUT2D eigenvalue weighted by Crippen LogP contribution is 2.20. The lowest BCUT2D eigenvalue weighted by Gasteiger charge is -2.16. The van der Waals surface area contributed by atoms with Gasteiger partial charge in [-0.3, -0.25) is 4.79 Å². The van der Waals surface area contributed by atoms with E-state index in [2.05, 4.69) is 39.4 Å². The summed E-state index contributed by atoms with van der Waals surface area (Å²) < 4.78 is 1.95. The van der Waals surface area contributed by atoms with Crippen molar-refractivity contribution in [1.29, 1.82) is 0 Å². The number of hydrogen-bond donors (Lipinski definition) is 1. The molecule has 0 bridgehead atoms. The van der Waals surface area contributed by atoms with Gasteiger partial charge in [0.1, 0.15) is 5.82 Å². The quantitative estimate of drug-likeness (QED) is 0.653. The van der Waals surface area contributed by atoms with E-state index in [1.54, 1.807) is 0 Å². The van der Waals surface area contributed by atoms with Crippen LogP contribution in [0.15, 0.2) is 48.7 Å². The Bertz CT molecular complexity index is 988. The number of benzene rings is 1. The predicted octanol–water partition coefficient (Wildman–Crippen LogP) is 3.73. The van der Waals surface area contributed by atoms with Gasteiger partial charge in [-0.05, 0) is 62.4 Å². The number of nitrogens with one attached hydrogen (secondary N) is 1. The highest BCUT2D eigenvalue weighted by atomic mass is 16.1. The van der Waals surface area contributed by atoms with Crippen LogP contribution < -0.4 is 10.2 Å². The van der Waals surface area contributed by atoms with Crippen LogP contribution in [0, 0.1) is 13.8 Å². The Hall–Kier alpha value is -3.15. The van der Waals surface area contributed by atoms with Gasteiger partial charge in [0.2, 0.25) is 5.91 Å². The maximum absolute atomic E-state index is 12.4. The van der Waals surface area contributed by atoms with Crippen LogP contribution in [0.5, 0.6) is 0 Å². The maximum Gasteiger partial charge on any atom is 0.220 e. The van der Waals surface area contributed by atoms with E-state index in [1.807, 2.05) is 48.1 Å². The smallest absolute Gasteiger partial charge is 0.220 e. The van der Waals surface area contributed by atoms with Gasteiger partial charge in [0.25, 0.3) is 0 Å². The summed E-state index contributed by atoms with van der Waals surface area (Å²) in [6, 6.07) is 14.2. The molecule has 156 valence electrons. The molecule has 3 heterocycles. The van der Waals surface area contributed by atoms with Crippen molar-refractivity contribution in [2.75, 3.05) is 18.0 Å². The molecular weight excluding hydrogens is 374 g/mol. The first-order valence-corrected chi connectivity index (χ1v) is 10.7. The summed E-state index contributed by atoms with van der Waals surface area (Å²) in [6.45, 7) is 6.75. The van der Waals surface area contributed by atoms with Crippen LogP contribution in [0.3, 0.4) is 0 Å². The second kappa shape index (κ2) is 9.11. The van der Waals surface area contributed by atoms with Gasteiger partial charge < -0.3 is 10.2 Å². The molecule has 1 amide bonds. The zero-order chi connectivity index (χ0) is 20.9. The van der Waals surface area contributed by atoms with Crippen molar-refractivity contribution in [3.05, 3.63) is 71.2 Å². The van der Waals surface area contributed by atoms with Crippen molar-refractivity contribution in [2.24, 2.45) is 0 Å². The van der Waals surface area contributed by atoms with Crippen LogP contribution in [-0.2, 0) is 17.8 Å². The lowest BCUT2D eigenvalue weighted by molar-refractivity contribution is -0.121. The first-order valence-electron chi connectivity index (χ1n) is 10.7. The zero-order valence-electron chi connectivity index (χ0n) is 17.8. The van der Waals surface area contributed by atoms with Crippen LogP contribution in [0.1, 0.15) is 41.8 Å². The van der Waals surface area contributed by atoms with Gasteiger partial charge >= 0.3 is 0 Å². The fraction of sp³-hybridized carbons (Fsp3) is 0.375. The summed E-state index contributed by atoms with van der Waals surface area (Å²) in [5.74, 6) is 1.08. The van der Waals surface area contributed by atoms with Gasteiger partial charge in [0, 0.05) is 37.9 Å². The minimum atomic E-state index is 0.0462. The molecule has 0 spiro atoms. The molecule has 1 N–H and O–H groups in total. The molecule has 6 heteroatoms.